The van der Waals surface area contributed by atoms with E-state index in [0.29, 0.717) is 12.5 Å². The highest BCUT2D eigenvalue weighted by molar-refractivity contribution is 5.48. The molecule has 0 radical (unpaired) electrons. The van der Waals surface area contributed by atoms with Crippen LogP contribution in [-0.4, -0.2) is 17.6 Å². The fraction of sp³-hybridized carbons (Fsp3) is 0.583. The van der Waals surface area contributed by atoms with Crippen molar-refractivity contribution in [3.63, 3.8) is 0 Å². The number of hydrogen-bond acceptors (Lipinski definition) is 3. The number of nitrogens with one attached hydrogen (secondary N) is 2. The second-order valence-electron chi connectivity index (χ2n) is 4.33. The summed E-state index contributed by atoms with van der Waals surface area (Å²) in [5, 5.41) is 5.79. The first-order chi connectivity index (χ1) is 8.15. The standard InChI is InChI=1S/C12H17F2N3/c1-3-7-5-10(7)16-12-9(14)6-8(13)11(17-12)15-4-2/h6-7,10H,3-5H2,1-2H3,(H2,15,16,17). The van der Waals surface area contributed by atoms with Gasteiger partial charge in [0.1, 0.15) is 0 Å². The molecule has 1 saturated carbocycles. The van der Waals surface area contributed by atoms with Gasteiger partial charge in [-0.2, -0.15) is 0 Å². The predicted molar refractivity (Wildman–Crippen MR) is 64.1 cm³/mol. The first-order valence-electron chi connectivity index (χ1n) is 6.02. The highest BCUT2D eigenvalue weighted by Crippen LogP contribution is 2.36. The van der Waals surface area contributed by atoms with Crippen LogP contribution < -0.4 is 10.6 Å². The quantitative estimate of drug-likeness (QED) is 0.832. The maximum absolute atomic E-state index is 13.5. The molecule has 5 heteroatoms. The van der Waals surface area contributed by atoms with Crippen LogP contribution in [0.1, 0.15) is 26.7 Å². The fourth-order valence-corrected chi connectivity index (χ4v) is 1.91. The Bertz CT molecular complexity index is 409. The summed E-state index contributed by atoms with van der Waals surface area (Å²) in [6.45, 7) is 4.49. The van der Waals surface area contributed by atoms with Gasteiger partial charge in [0.05, 0.1) is 0 Å². The molecule has 1 heterocycles. The molecule has 2 rings (SSSR count). The van der Waals surface area contributed by atoms with Gasteiger partial charge in [-0.1, -0.05) is 13.3 Å². The molecule has 3 nitrogen and oxygen atoms in total. The Hall–Kier alpha value is -1.39. The predicted octanol–water partition coefficient (Wildman–Crippen LogP) is 3.00. The summed E-state index contributed by atoms with van der Waals surface area (Å²) in [5.41, 5.74) is 0. The number of anilines is 2. The number of hydrogen-bond donors (Lipinski definition) is 2. The SMILES string of the molecule is CCNc1nc(NC2CC2CC)c(F)cc1F. The van der Waals surface area contributed by atoms with Gasteiger partial charge < -0.3 is 10.6 Å². The van der Waals surface area contributed by atoms with Gasteiger partial charge in [-0.05, 0) is 19.3 Å². The van der Waals surface area contributed by atoms with Gasteiger partial charge in [0, 0.05) is 18.7 Å². The molecule has 94 valence electrons. The molecule has 0 amide bonds. The second kappa shape index (κ2) is 4.85. The molecule has 2 atom stereocenters. The van der Waals surface area contributed by atoms with Gasteiger partial charge in [0.15, 0.2) is 23.3 Å². The first-order valence-corrected chi connectivity index (χ1v) is 6.02. The number of aromatic nitrogens is 1. The van der Waals surface area contributed by atoms with Crippen LogP contribution in [0.3, 0.4) is 0 Å². The lowest BCUT2D eigenvalue weighted by Gasteiger charge is -2.10. The van der Waals surface area contributed by atoms with E-state index in [-0.39, 0.29) is 17.7 Å². The lowest BCUT2D eigenvalue weighted by molar-refractivity contribution is 0.577. The van der Waals surface area contributed by atoms with Crippen molar-refractivity contribution in [3.05, 3.63) is 17.7 Å². The van der Waals surface area contributed by atoms with Crippen LogP contribution >= 0.6 is 0 Å². The van der Waals surface area contributed by atoms with Crippen LogP contribution in [0.4, 0.5) is 20.4 Å². The zero-order valence-corrected chi connectivity index (χ0v) is 10.1. The summed E-state index contributed by atoms with van der Waals surface area (Å²) in [5.74, 6) is -0.458. The van der Waals surface area contributed by atoms with Crippen LogP contribution in [0.15, 0.2) is 6.07 Å². The third kappa shape index (κ3) is 2.65. The van der Waals surface area contributed by atoms with Gasteiger partial charge in [-0.15, -0.1) is 0 Å². The number of halogens is 2. The monoisotopic (exact) mass is 241 g/mol. The van der Waals surface area contributed by atoms with Crippen molar-refractivity contribution >= 4 is 11.6 Å². The summed E-state index contributed by atoms with van der Waals surface area (Å²) in [6, 6.07) is 1.15. The number of rotatable bonds is 5. The van der Waals surface area contributed by atoms with Crippen molar-refractivity contribution in [3.8, 4) is 0 Å². The van der Waals surface area contributed by atoms with E-state index < -0.39 is 11.6 Å². The second-order valence-corrected chi connectivity index (χ2v) is 4.33. The molecule has 1 aliphatic carbocycles. The molecule has 1 aliphatic rings. The topological polar surface area (TPSA) is 37.0 Å². The lowest BCUT2D eigenvalue weighted by atomic mass is 10.3. The van der Waals surface area contributed by atoms with Gasteiger partial charge >= 0.3 is 0 Å². The van der Waals surface area contributed by atoms with E-state index in [9.17, 15) is 8.78 Å². The molecule has 2 unspecified atom stereocenters. The highest BCUT2D eigenvalue weighted by atomic mass is 19.1. The van der Waals surface area contributed by atoms with E-state index in [2.05, 4.69) is 22.5 Å². The highest BCUT2D eigenvalue weighted by Gasteiger charge is 2.36. The van der Waals surface area contributed by atoms with Crippen molar-refractivity contribution in [2.45, 2.75) is 32.7 Å². The molecule has 0 spiro atoms. The van der Waals surface area contributed by atoms with Crippen molar-refractivity contribution in [2.24, 2.45) is 5.92 Å². The zero-order valence-electron chi connectivity index (χ0n) is 10.1. The average molecular weight is 241 g/mol. The summed E-state index contributed by atoms with van der Waals surface area (Å²) in [4.78, 5) is 3.94. The molecule has 0 saturated heterocycles. The minimum absolute atomic E-state index is 0.102. The third-order valence-corrected chi connectivity index (χ3v) is 3.04. The molecule has 17 heavy (non-hydrogen) atoms. The van der Waals surface area contributed by atoms with E-state index in [1.165, 1.54) is 0 Å². The molecule has 1 aromatic heterocycles. The van der Waals surface area contributed by atoms with Crippen molar-refractivity contribution in [1.29, 1.82) is 0 Å². The summed E-state index contributed by atoms with van der Waals surface area (Å²) < 4.78 is 26.8. The largest absolute Gasteiger partial charge is 0.368 e. The molecule has 1 aromatic rings. The Morgan fingerprint density at radius 2 is 2.00 bits per heavy atom. The van der Waals surface area contributed by atoms with Crippen LogP contribution in [0, 0.1) is 17.6 Å². The first kappa shape index (κ1) is 12.1. The Morgan fingerprint density at radius 1 is 1.29 bits per heavy atom. The Kier molecular flexibility index (Phi) is 3.45. The van der Waals surface area contributed by atoms with Gasteiger partial charge in [0.25, 0.3) is 0 Å². The van der Waals surface area contributed by atoms with E-state index in [4.69, 9.17) is 0 Å². The van der Waals surface area contributed by atoms with Crippen molar-refractivity contribution < 1.29 is 8.78 Å². The lowest BCUT2D eigenvalue weighted by Crippen LogP contribution is -2.11. The normalized spacial score (nSPS) is 22.4. The molecular weight excluding hydrogens is 224 g/mol. The van der Waals surface area contributed by atoms with E-state index in [1.54, 1.807) is 0 Å². The molecule has 0 aromatic carbocycles. The molecule has 1 fully saturated rings. The maximum atomic E-state index is 13.5. The van der Waals surface area contributed by atoms with Crippen LogP contribution in [-0.2, 0) is 0 Å². The van der Waals surface area contributed by atoms with Crippen LogP contribution in [0.2, 0.25) is 0 Å². The zero-order chi connectivity index (χ0) is 12.4. The third-order valence-electron chi connectivity index (χ3n) is 3.04. The summed E-state index contributed by atoms with van der Waals surface area (Å²) in [6.07, 6.45) is 2.10. The number of nitrogens with zero attached hydrogens (tertiary/aromatic N) is 1. The minimum atomic E-state index is -0.655. The average Bonchev–Trinajstić information content (AvgIpc) is 3.04. The Labute approximate surface area is 99.6 Å². The molecular formula is C12H17F2N3. The smallest absolute Gasteiger partial charge is 0.168 e. The Morgan fingerprint density at radius 3 is 2.59 bits per heavy atom. The number of pyridine rings is 1. The molecule has 0 aliphatic heterocycles. The van der Waals surface area contributed by atoms with E-state index >= 15 is 0 Å². The minimum Gasteiger partial charge on any atom is -0.368 e. The Balaban J connectivity index is 2.13. The summed E-state index contributed by atoms with van der Waals surface area (Å²) in [7, 11) is 0. The molecule has 0 bridgehead atoms. The van der Waals surface area contributed by atoms with Gasteiger partial charge in [-0.25, -0.2) is 13.8 Å². The van der Waals surface area contributed by atoms with Gasteiger partial charge in [0.2, 0.25) is 0 Å². The maximum Gasteiger partial charge on any atom is 0.168 e. The fourth-order valence-electron chi connectivity index (χ4n) is 1.91. The van der Waals surface area contributed by atoms with Crippen LogP contribution in [0.25, 0.3) is 0 Å². The van der Waals surface area contributed by atoms with E-state index in [0.717, 1.165) is 18.9 Å². The van der Waals surface area contributed by atoms with Crippen molar-refractivity contribution in [2.75, 3.05) is 17.2 Å². The molecule has 2 N–H and O–H groups in total. The van der Waals surface area contributed by atoms with Crippen molar-refractivity contribution in [1.82, 2.24) is 4.98 Å². The van der Waals surface area contributed by atoms with E-state index in [1.807, 2.05) is 6.92 Å². The van der Waals surface area contributed by atoms with Gasteiger partial charge in [-0.3, -0.25) is 0 Å². The van der Waals surface area contributed by atoms with Crippen LogP contribution in [0.5, 0.6) is 0 Å². The summed E-state index contributed by atoms with van der Waals surface area (Å²) >= 11 is 0.